The zero-order valence-corrected chi connectivity index (χ0v) is 16.4. The molecule has 3 rings (SSSR count). The van der Waals surface area contributed by atoms with Gasteiger partial charge in [0.15, 0.2) is 0 Å². The van der Waals surface area contributed by atoms with E-state index in [0.29, 0.717) is 24.3 Å². The molecule has 2 N–H and O–H groups in total. The van der Waals surface area contributed by atoms with Crippen molar-refractivity contribution in [2.75, 3.05) is 27.7 Å². The number of aromatic nitrogens is 1. The maximum atomic E-state index is 12.7. The Kier molecular flexibility index (Phi) is 6.11. The monoisotopic (exact) mass is 379 g/mol. The minimum atomic E-state index is -0.372. The first-order valence-electron chi connectivity index (χ1n) is 9.18. The number of carbonyl (C=O) groups excluding carboxylic acids is 1. The molecule has 0 radical (unpaired) electrons. The minimum absolute atomic E-state index is 0.0850. The van der Waals surface area contributed by atoms with E-state index in [9.17, 15) is 9.59 Å². The van der Waals surface area contributed by atoms with Gasteiger partial charge < -0.3 is 15.0 Å². The highest BCUT2D eigenvalue weighted by Crippen LogP contribution is 2.19. The molecule has 1 unspecified atom stereocenters. The van der Waals surface area contributed by atoms with Crippen molar-refractivity contribution in [2.24, 2.45) is 0 Å². The number of pyridine rings is 1. The van der Waals surface area contributed by atoms with Gasteiger partial charge in [-0.15, -0.1) is 0 Å². The van der Waals surface area contributed by atoms with Gasteiger partial charge in [0.1, 0.15) is 11.8 Å². The summed E-state index contributed by atoms with van der Waals surface area (Å²) in [6.07, 6.45) is 0.456. The molecule has 146 valence electrons. The minimum Gasteiger partial charge on any atom is -0.497 e. The van der Waals surface area contributed by atoms with Gasteiger partial charge in [-0.1, -0.05) is 30.3 Å². The standard InChI is InChI=1S/C22H25N3O3/c1-25(2)20(15-7-5-4-6-8-15)22(27)23-12-11-17-13-16-9-10-18(28-3)14-19(16)24-21(17)26/h4-10,13-14,20H,11-12H2,1-3H3,(H,23,27)(H,24,26). The number of nitrogens with one attached hydrogen (secondary N) is 2. The maximum absolute atomic E-state index is 12.7. The van der Waals surface area contributed by atoms with Crippen LogP contribution in [-0.4, -0.2) is 43.5 Å². The van der Waals surface area contributed by atoms with Gasteiger partial charge >= 0.3 is 0 Å². The van der Waals surface area contributed by atoms with E-state index in [2.05, 4.69) is 10.3 Å². The van der Waals surface area contributed by atoms with Gasteiger partial charge in [-0.25, -0.2) is 0 Å². The number of nitrogens with zero attached hydrogens (tertiary/aromatic N) is 1. The molecule has 1 atom stereocenters. The van der Waals surface area contributed by atoms with Gasteiger partial charge in [0, 0.05) is 18.2 Å². The summed E-state index contributed by atoms with van der Waals surface area (Å²) in [6, 6.07) is 16.7. The lowest BCUT2D eigenvalue weighted by Crippen LogP contribution is -2.38. The fourth-order valence-electron chi connectivity index (χ4n) is 3.27. The molecule has 1 heterocycles. The SMILES string of the molecule is COc1ccc2cc(CCNC(=O)C(c3ccccc3)N(C)C)c(=O)[nH]c2c1. The Balaban J connectivity index is 1.69. The molecular formula is C22H25N3O3. The van der Waals surface area contributed by atoms with Gasteiger partial charge in [0.25, 0.3) is 5.56 Å². The van der Waals surface area contributed by atoms with Crippen LogP contribution in [0.1, 0.15) is 17.2 Å². The van der Waals surface area contributed by atoms with Crippen LogP contribution in [0.3, 0.4) is 0 Å². The van der Waals surface area contributed by atoms with Crippen LogP contribution in [0.15, 0.2) is 59.4 Å². The molecular weight excluding hydrogens is 354 g/mol. The molecule has 3 aromatic rings. The highest BCUT2D eigenvalue weighted by molar-refractivity contribution is 5.83. The van der Waals surface area contributed by atoms with Crippen LogP contribution in [-0.2, 0) is 11.2 Å². The normalized spacial score (nSPS) is 12.1. The van der Waals surface area contributed by atoms with Gasteiger partial charge in [0.2, 0.25) is 5.91 Å². The van der Waals surface area contributed by atoms with Crippen molar-refractivity contribution in [3.8, 4) is 5.75 Å². The third-order valence-electron chi connectivity index (χ3n) is 4.70. The molecule has 0 saturated heterocycles. The van der Waals surface area contributed by atoms with Crippen LogP contribution in [0.2, 0.25) is 0 Å². The number of H-pyrrole nitrogens is 1. The molecule has 28 heavy (non-hydrogen) atoms. The number of carbonyl (C=O) groups is 1. The highest BCUT2D eigenvalue weighted by atomic mass is 16.5. The summed E-state index contributed by atoms with van der Waals surface area (Å²) in [4.78, 5) is 29.8. The van der Waals surface area contributed by atoms with Gasteiger partial charge in [0.05, 0.1) is 12.6 Å². The molecule has 2 aromatic carbocycles. The number of aromatic amines is 1. The number of amides is 1. The molecule has 0 spiro atoms. The summed E-state index contributed by atoms with van der Waals surface area (Å²) in [5, 5.41) is 3.88. The van der Waals surface area contributed by atoms with Crippen LogP contribution < -0.4 is 15.6 Å². The van der Waals surface area contributed by atoms with Crippen LogP contribution in [0.4, 0.5) is 0 Å². The maximum Gasteiger partial charge on any atom is 0.251 e. The van der Waals surface area contributed by atoms with E-state index in [1.54, 1.807) is 13.2 Å². The number of fused-ring (bicyclic) bond motifs is 1. The fourth-order valence-corrected chi connectivity index (χ4v) is 3.27. The first-order valence-corrected chi connectivity index (χ1v) is 9.18. The van der Waals surface area contributed by atoms with Crippen molar-refractivity contribution in [3.05, 3.63) is 76.1 Å². The first-order chi connectivity index (χ1) is 13.5. The number of rotatable bonds is 7. The lowest BCUT2D eigenvalue weighted by molar-refractivity contribution is -0.125. The average Bonchev–Trinajstić information content (AvgIpc) is 2.68. The lowest BCUT2D eigenvalue weighted by Gasteiger charge is -2.23. The van der Waals surface area contributed by atoms with Crippen molar-refractivity contribution in [1.82, 2.24) is 15.2 Å². The van der Waals surface area contributed by atoms with Gasteiger partial charge in [-0.05, 0) is 49.7 Å². The van der Waals surface area contributed by atoms with Crippen molar-refractivity contribution in [1.29, 1.82) is 0 Å². The smallest absolute Gasteiger partial charge is 0.251 e. The van der Waals surface area contributed by atoms with Crippen LogP contribution in [0, 0.1) is 0 Å². The summed E-state index contributed by atoms with van der Waals surface area (Å²) in [5.74, 6) is 0.608. The molecule has 0 fully saturated rings. The van der Waals surface area contributed by atoms with Crippen molar-refractivity contribution < 1.29 is 9.53 Å². The molecule has 0 saturated carbocycles. The number of ether oxygens (including phenoxy) is 1. The number of hydrogen-bond acceptors (Lipinski definition) is 4. The Hall–Kier alpha value is -3.12. The van der Waals surface area contributed by atoms with Crippen LogP contribution in [0.25, 0.3) is 10.9 Å². The van der Waals surface area contributed by atoms with E-state index in [0.717, 1.165) is 16.5 Å². The summed E-state index contributed by atoms with van der Waals surface area (Å²) < 4.78 is 5.19. The van der Waals surface area contributed by atoms with E-state index in [-0.39, 0.29) is 17.5 Å². The molecule has 6 heteroatoms. The van der Waals surface area contributed by atoms with Crippen molar-refractivity contribution >= 4 is 16.8 Å². The Morgan fingerprint density at radius 2 is 1.89 bits per heavy atom. The predicted molar refractivity (Wildman–Crippen MR) is 111 cm³/mol. The van der Waals surface area contributed by atoms with Crippen molar-refractivity contribution in [3.63, 3.8) is 0 Å². The first kappa shape index (κ1) is 19.6. The Morgan fingerprint density at radius 1 is 1.14 bits per heavy atom. The van der Waals surface area contributed by atoms with Crippen molar-refractivity contribution in [2.45, 2.75) is 12.5 Å². The molecule has 0 aliphatic rings. The number of hydrogen-bond donors (Lipinski definition) is 2. The van der Waals surface area contributed by atoms with E-state index in [1.165, 1.54) is 0 Å². The molecule has 0 aliphatic carbocycles. The summed E-state index contributed by atoms with van der Waals surface area (Å²) >= 11 is 0. The molecule has 0 aliphatic heterocycles. The zero-order chi connectivity index (χ0) is 20.1. The fraction of sp³-hybridized carbons (Fsp3) is 0.273. The summed E-state index contributed by atoms with van der Waals surface area (Å²) in [5.41, 5.74) is 2.15. The molecule has 1 aromatic heterocycles. The third-order valence-corrected chi connectivity index (χ3v) is 4.70. The number of likely N-dealkylation sites (N-methyl/N-ethyl adjacent to an activating group) is 1. The van der Waals surface area contributed by atoms with E-state index in [1.807, 2.05) is 67.5 Å². The second-order valence-corrected chi connectivity index (χ2v) is 6.89. The highest BCUT2D eigenvalue weighted by Gasteiger charge is 2.22. The second-order valence-electron chi connectivity index (χ2n) is 6.89. The third kappa shape index (κ3) is 4.40. The quantitative estimate of drug-likeness (QED) is 0.661. The van der Waals surface area contributed by atoms with E-state index >= 15 is 0 Å². The predicted octanol–water partition coefficient (Wildman–Crippen LogP) is 2.50. The lowest BCUT2D eigenvalue weighted by atomic mass is 10.1. The van der Waals surface area contributed by atoms with Gasteiger partial charge in [-0.2, -0.15) is 0 Å². The summed E-state index contributed by atoms with van der Waals surface area (Å²) in [7, 11) is 5.34. The number of methoxy groups -OCH3 is 1. The van der Waals surface area contributed by atoms with Crippen LogP contribution >= 0.6 is 0 Å². The van der Waals surface area contributed by atoms with E-state index < -0.39 is 0 Å². The molecule has 6 nitrogen and oxygen atoms in total. The Labute approximate surface area is 164 Å². The number of benzene rings is 2. The Morgan fingerprint density at radius 3 is 2.57 bits per heavy atom. The molecule has 1 amide bonds. The van der Waals surface area contributed by atoms with Gasteiger partial charge in [-0.3, -0.25) is 14.5 Å². The largest absolute Gasteiger partial charge is 0.497 e. The average molecular weight is 379 g/mol. The topological polar surface area (TPSA) is 74.4 Å². The van der Waals surface area contributed by atoms with Crippen LogP contribution in [0.5, 0.6) is 5.75 Å². The zero-order valence-electron chi connectivity index (χ0n) is 16.4. The summed E-state index contributed by atoms with van der Waals surface area (Å²) in [6.45, 7) is 0.390. The van der Waals surface area contributed by atoms with E-state index in [4.69, 9.17) is 4.74 Å². The Bertz CT molecular complexity index is 1010. The second kappa shape index (κ2) is 8.71. The molecule has 0 bridgehead atoms.